The number of rotatable bonds is 8. The van der Waals surface area contributed by atoms with Gasteiger partial charge in [0.15, 0.2) is 6.61 Å². The van der Waals surface area contributed by atoms with Crippen molar-refractivity contribution in [1.82, 2.24) is 10.3 Å². The molecule has 0 radical (unpaired) electrons. The minimum atomic E-state index is -0.532. The summed E-state index contributed by atoms with van der Waals surface area (Å²) < 4.78 is 18.4. The molecule has 3 amide bonds. The first kappa shape index (κ1) is 21.4. The number of amides is 3. The summed E-state index contributed by atoms with van der Waals surface area (Å²) in [6.45, 7) is -0.615. The number of para-hydroxylation sites is 1. The lowest BCUT2D eigenvalue weighted by Gasteiger charge is -2.12. The third-order valence-corrected chi connectivity index (χ3v) is 3.97. The molecule has 0 aliphatic rings. The van der Waals surface area contributed by atoms with Crippen LogP contribution in [-0.4, -0.2) is 35.9 Å². The van der Waals surface area contributed by atoms with E-state index in [-0.39, 0.29) is 24.5 Å². The summed E-state index contributed by atoms with van der Waals surface area (Å²) in [7, 11) is 0. The fourth-order valence-corrected chi connectivity index (χ4v) is 2.55. The smallest absolute Gasteiger partial charge is 0.262 e. The highest BCUT2D eigenvalue weighted by Crippen LogP contribution is 2.18. The van der Waals surface area contributed by atoms with Gasteiger partial charge < -0.3 is 20.7 Å². The largest absolute Gasteiger partial charge is 0.483 e. The van der Waals surface area contributed by atoms with Gasteiger partial charge in [0.05, 0.1) is 24.0 Å². The number of aromatic nitrogens is 1. The van der Waals surface area contributed by atoms with Crippen LogP contribution < -0.4 is 20.7 Å². The van der Waals surface area contributed by atoms with E-state index < -0.39 is 23.5 Å². The number of hydrogen-bond acceptors (Lipinski definition) is 5. The number of carbonyl (C=O) groups is 3. The van der Waals surface area contributed by atoms with Crippen molar-refractivity contribution < 1.29 is 23.5 Å². The molecule has 0 bridgehead atoms. The number of hydrogen-bond donors (Lipinski definition) is 3. The van der Waals surface area contributed by atoms with Gasteiger partial charge in [-0.15, -0.1) is 0 Å². The van der Waals surface area contributed by atoms with E-state index in [1.54, 1.807) is 30.5 Å². The lowest BCUT2D eigenvalue weighted by molar-refractivity contribution is -0.118. The molecule has 3 N–H and O–H groups in total. The molecular weight excluding hydrogens is 403 g/mol. The second-order valence-electron chi connectivity index (χ2n) is 6.31. The highest BCUT2D eigenvalue weighted by Gasteiger charge is 2.14. The second kappa shape index (κ2) is 10.5. The maximum absolute atomic E-state index is 12.9. The molecule has 1 aromatic heterocycles. The fourth-order valence-electron chi connectivity index (χ4n) is 2.55. The molecule has 0 aliphatic carbocycles. The molecule has 0 spiro atoms. The fraction of sp³-hybridized carbons (Fsp3) is 0.0909. The highest BCUT2D eigenvalue weighted by molar-refractivity contribution is 6.01. The van der Waals surface area contributed by atoms with Crippen molar-refractivity contribution in [2.75, 3.05) is 23.8 Å². The number of ether oxygens (including phenoxy) is 1. The van der Waals surface area contributed by atoms with Gasteiger partial charge in [0.1, 0.15) is 11.6 Å². The molecule has 0 saturated heterocycles. The van der Waals surface area contributed by atoms with Crippen LogP contribution in [-0.2, 0) is 9.59 Å². The van der Waals surface area contributed by atoms with E-state index in [0.717, 1.165) is 0 Å². The van der Waals surface area contributed by atoms with E-state index >= 15 is 0 Å². The second-order valence-corrected chi connectivity index (χ2v) is 6.31. The maximum Gasteiger partial charge on any atom is 0.262 e. The van der Waals surface area contributed by atoms with Gasteiger partial charge in [-0.25, -0.2) is 4.39 Å². The van der Waals surface area contributed by atoms with Crippen LogP contribution in [0.4, 0.5) is 15.8 Å². The van der Waals surface area contributed by atoms with Gasteiger partial charge in [0.25, 0.3) is 11.8 Å². The van der Waals surface area contributed by atoms with Crippen LogP contribution in [0.15, 0.2) is 73.1 Å². The summed E-state index contributed by atoms with van der Waals surface area (Å²) in [5.74, 6) is -1.66. The maximum atomic E-state index is 12.9. The Morgan fingerprint density at radius 1 is 0.871 bits per heavy atom. The first-order valence-corrected chi connectivity index (χ1v) is 9.26. The number of carbonyl (C=O) groups excluding carboxylic acids is 3. The topological polar surface area (TPSA) is 109 Å². The quantitative estimate of drug-likeness (QED) is 0.517. The van der Waals surface area contributed by atoms with Crippen molar-refractivity contribution in [2.45, 2.75) is 0 Å². The Balaban J connectivity index is 1.52. The Hall–Kier alpha value is -4.27. The number of benzene rings is 2. The van der Waals surface area contributed by atoms with Crippen LogP contribution in [0.2, 0.25) is 0 Å². The molecule has 3 aromatic rings. The zero-order valence-electron chi connectivity index (χ0n) is 16.3. The van der Waals surface area contributed by atoms with Gasteiger partial charge in [-0.2, -0.15) is 0 Å². The van der Waals surface area contributed by atoms with Gasteiger partial charge in [-0.3, -0.25) is 19.4 Å². The molecule has 1 heterocycles. The molecule has 0 saturated carbocycles. The molecule has 9 heteroatoms. The molecule has 0 aliphatic heterocycles. The summed E-state index contributed by atoms with van der Waals surface area (Å²) in [5.41, 5.74) is 1.10. The predicted molar refractivity (Wildman–Crippen MR) is 112 cm³/mol. The van der Waals surface area contributed by atoms with Crippen LogP contribution >= 0.6 is 0 Å². The normalized spacial score (nSPS) is 10.1. The molecule has 0 atom stereocenters. The molecule has 2 aromatic carbocycles. The van der Waals surface area contributed by atoms with Crippen molar-refractivity contribution in [3.63, 3.8) is 0 Å². The third-order valence-electron chi connectivity index (χ3n) is 3.97. The molecule has 158 valence electrons. The van der Waals surface area contributed by atoms with E-state index in [0.29, 0.717) is 11.4 Å². The summed E-state index contributed by atoms with van der Waals surface area (Å²) in [5, 5.41) is 7.67. The molecule has 0 fully saturated rings. The van der Waals surface area contributed by atoms with Gasteiger partial charge >= 0.3 is 0 Å². The molecule has 0 unspecified atom stereocenters. The van der Waals surface area contributed by atoms with Crippen molar-refractivity contribution in [1.29, 1.82) is 0 Å². The molecular formula is C22H19FN4O4. The van der Waals surface area contributed by atoms with E-state index in [1.165, 1.54) is 42.6 Å². The number of nitrogens with one attached hydrogen (secondary N) is 3. The standard InChI is InChI=1S/C22H19FN4O4/c23-15-7-9-16(10-8-15)26-21(29)14-31-19-6-2-1-5-18(19)22(30)25-13-20(28)27-17-4-3-11-24-12-17/h1-12H,13-14H2,(H,25,30)(H,26,29)(H,27,28). The minimum absolute atomic E-state index is 0.172. The van der Waals surface area contributed by atoms with Gasteiger partial charge in [0.2, 0.25) is 5.91 Å². The number of nitrogens with zero attached hydrogens (tertiary/aromatic N) is 1. The Bertz CT molecular complexity index is 1060. The number of pyridine rings is 1. The number of halogens is 1. The SMILES string of the molecule is O=C(CNC(=O)c1ccccc1OCC(=O)Nc1ccc(F)cc1)Nc1cccnc1. The Morgan fingerprint density at radius 3 is 2.35 bits per heavy atom. The van der Waals surface area contributed by atoms with E-state index in [2.05, 4.69) is 20.9 Å². The zero-order chi connectivity index (χ0) is 22.1. The van der Waals surface area contributed by atoms with Crippen LogP contribution in [0.25, 0.3) is 0 Å². The van der Waals surface area contributed by atoms with Crippen LogP contribution in [0, 0.1) is 5.82 Å². The van der Waals surface area contributed by atoms with Crippen molar-refractivity contribution in [2.24, 2.45) is 0 Å². The molecule has 31 heavy (non-hydrogen) atoms. The lowest BCUT2D eigenvalue weighted by atomic mass is 10.2. The van der Waals surface area contributed by atoms with Crippen molar-refractivity contribution >= 4 is 29.1 Å². The Kier molecular flexibility index (Phi) is 7.26. The summed E-state index contributed by atoms with van der Waals surface area (Å²) >= 11 is 0. The number of anilines is 2. The van der Waals surface area contributed by atoms with Crippen molar-refractivity contribution in [3.05, 3.63) is 84.4 Å². The van der Waals surface area contributed by atoms with Crippen LogP contribution in [0.3, 0.4) is 0 Å². The first-order valence-electron chi connectivity index (χ1n) is 9.26. The van der Waals surface area contributed by atoms with E-state index in [9.17, 15) is 18.8 Å². The zero-order valence-corrected chi connectivity index (χ0v) is 16.3. The highest BCUT2D eigenvalue weighted by atomic mass is 19.1. The first-order chi connectivity index (χ1) is 15.0. The Morgan fingerprint density at radius 2 is 1.61 bits per heavy atom. The average Bonchev–Trinajstić information content (AvgIpc) is 2.78. The van der Waals surface area contributed by atoms with E-state index in [1.807, 2.05) is 0 Å². The lowest BCUT2D eigenvalue weighted by Crippen LogP contribution is -2.33. The summed E-state index contributed by atoms with van der Waals surface area (Å²) in [6.07, 6.45) is 3.06. The van der Waals surface area contributed by atoms with Crippen LogP contribution in [0.1, 0.15) is 10.4 Å². The predicted octanol–water partition coefficient (Wildman–Crippen LogP) is 2.61. The monoisotopic (exact) mass is 422 g/mol. The minimum Gasteiger partial charge on any atom is -0.483 e. The summed E-state index contributed by atoms with van der Waals surface area (Å²) in [6, 6.07) is 15.0. The van der Waals surface area contributed by atoms with Gasteiger partial charge in [0, 0.05) is 11.9 Å². The Labute approximate surface area is 177 Å². The van der Waals surface area contributed by atoms with Gasteiger partial charge in [-0.05, 0) is 48.5 Å². The summed E-state index contributed by atoms with van der Waals surface area (Å²) in [4.78, 5) is 40.4. The van der Waals surface area contributed by atoms with E-state index in [4.69, 9.17) is 4.74 Å². The average molecular weight is 422 g/mol. The molecule has 8 nitrogen and oxygen atoms in total. The van der Waals surface area contributed by atoms with Gasteiger partial charge in [-0.1, -0.05) is 12.1 Å². The molecule has 3 rings (SSSR count). The van der Waals surface area contributed by atoms with Crippen molar-refractivity contribution in [3.8, 4) is 5.75 Å². The van der Waals surface area contributed by atoms with Crippen LogP contribution in [0.5, 0.6) is 5.75 Å². The third kappa shape index (κ3) is 6.64.